The second-order valence-electron chi connectivity index (χ2n) is 7.46. The van der Waals surface area contributed by atoms with Crippen LogP contribution in [0.4, 0.5) is 0 Å². The van der Waals surface area contributed by atoms with Crippen LogP contribution in [0.25, 0.3) is 0 Å². The van der Waals surface area contributed by atoms with Crippen LogP contribution < -0.4 is 9.47 Å². The first-order chi connectivity index (χ1) is 15.7. The van der Waals surface area contributed by atoms with Crippen molar-refractivity contribution in [3.05, 3.63) is 95.1 Å². The summed E-state index contributed by atoms with van der Waals surface area (Å²) in [5.74, 6) is 1.45. The van der Waals surface area contributed by atoms with Gasteiger partial charge in [0.1, 0.15) is 31.3 Å². The number of hydrogen-bond donors (Lipinski definition) is 0. The number of methoxy groups -OCH3 is 1. The van der Waals surface area contributed by atoms with Gasteiger partial charge >= 0.3 is 5.97 Å². The minimum Gasteiger partial charge on any atom is -0.490 e. The first-order valence-corrected chi connectivity index (χ1v) is 10.4. The lowest BCUT2D eigenvalue weighted by molar-refractivity contribution is -0.132. The Bertz CT molecular complexity index is 1090. The van der Waals surface area contributed by atoms with Crippen LogP contribution in [0.1, 0.15) is 22.3 Å². The molecule has 0 saturated carbocycles. The van der Waals surface area contributed by atoms with Crippen molar-refractivity contribution >= 4 is 11.7 Å². The Hall–Kier alpha value is -3.80. The van der Waals surface area contributed by atoms with Crippen molar-refractivity contribution < 1.29 is 23.8 Å². The summed E-state index contributed by atoms with van der Waals surface area (Å²) in [5.41, 5.74) is 4.93. The fourth-order valence-electron chi connectivity index (χ4n) is 3.74. The monoisotopic (exact) mass is 431 g/mol. The SMILES string of the molecule is CON=C(C(=O)OC)c1ccccc1.c1ccc2c(c1)CC(Oc1ccc3c(c1)CO3)C2. The molecule has 0 saturated heterocycles. The number of hydrogen-bond acceptors (Lipinski definition) is 6. The molecular weight excluding hydrogens is 406 g/mol. The average Bonchev–Trinajstić information content (AvgIpc) is 3.22. The third-order valence-electron chi connectivity index (χ3n) is 5.34. The number of benzene rings is 3. The van der Waals surface area contributed by atoms with Crippen LogP contribution in [-0.2, 0) is 33.8 Å². The molecule has 0 bridgehead atoms. The first kappa shape index (κ1) is 21.4. The van der Waals surface area contributed by atoms with Crippen molar-refractivity contribution in [2.75, 3.05) is 14.2 Å². The van der Waals surface area contributed by atoms with Gasteiger partial charge in [-0.25, -0.2) is 4.79 Å². The molecule has 0 atom stereocenters. The fourth-order valence-corrected chi connectivity index (χ4v) is 3.74. The summed E-state index contributed by atoms with van der Waals surface area (Å²) >= 11 is 0. The highest BCUT2D eigenvalue weighted by Gasteiger charge is 2.23. The molecule has 6 heteroatoms. The lowest BCUT2D eigenvalue weighted by Crippen LogP contribution is -2.17. The topological polar surface area (TPSA) is 66.4 Å². The van der Waals surface area contributed by atoms with Gasteiger partial charge in [-0.1, -0.05) is 59.8 Å². The lowest BCUT2D eigenvalue weighted by atomic mass is 10.1. The molecule has 32 heavy (non-hydrogen) atoms. The zero-order valence-electron chi connectivity index (χ0n) is 18.1. The zero-order chi connectivity index (χ0) is 22.3. The Morgan fingerprint density at radius 1 is 0.906 bits per heavy atom. The van der Waals surface area contributed by atoms with Crippen molar-refractivity contribution in [1.29, 1.82) is 0 Å². The van der Waals surface area contributed by atoms with E-state index in [0.717, 1.165) is 30.9 Å². The smallest absolute Gasteiger partial charge is 0.360 e. The summed E-state index contributed by atoms with van der Waals surface area (Å²) in [6.07, 6.45) is 2.31. The predicted molar refractivity (Wildman–Crippen MR) is 121 cm³/mol. The Balaban J connectivity index is 0.000000159. The largest absolute Gasteiger partial charge is 0.490 e. The minimum atomic E-state index is -0.516. The van der Waals surface area contributed by atoms with Crippen molar-refractivity contribution in [3.8, 4) is 11.5 Å². The van der Waals surface area contributed by atoms with E-state index in [1.807, 2.05) is 30.3 Å². The summed E-state index contributed by atoms with van der Waals surface area (Å²) in [5, 5.41) is 3.61. The fraction of sp³-hybridized carbons (Fsp3) is 0.231. The second kappa shape index (κ2) is 10.0. The molecule has 0 fully saturated rings. The molecule has 0 N–H and O–H groups in total. The van der Waals surface area contributed by atoms with Gasteiger partial charge in [0, 0.05) is 24.0 Å². The molecule has 5 rings (SSSR count). The van der Waals surface area contributed by atoms with Gasteiger partial charge in [-0.3, -0.25) is 0 Å². The summed E-state index contributed by atoms with van der Waals surface area (Å²) in [4.78, 5) is 15.8. The lowest BCUT2D eigenvalue weighted by Gasteiger charge is -2.22. The molecule has 1 heterocycles. The van der Waals surface area contributed by atoms with Crippen molar-refractivity contribution in [1.82, 2.24) is 0 Å². The van der Waals surface area contributed by atoms with Crippen molar-refractivity contribution in [2.24, 2.45) is 5.16 Å². The molecule has 1 aliphatic carbocycles. The van der Waals surface area contributed by atoms with Crippen LogP contribution in [0.5, 0.6) is 11.5 Å². The number of carbonyl (C=O) groups is 1. The molecule has 3 aromatic rings. The number of esters is 1. The maximum Gasteiger partial charge on any atom is 0.360 e. The van der Waals surface area contributed by atoms with E-state index in [1.165, 1.54) is 30.9 Å². The Kier molecular flexibility index (Phi) is 6.70. The van der Waals surface area contributed by atoms with E-state index in [0.29, 0.717) is 5.56 Å². The van der Waals surface area contributed by atoms with Gasteiger partial charge in [0.2, 0.25) is 0 Å². The standard InChI is InChI=1S/C16H14O2.C10H11NO3/c1-2-4-12-8-15(7-11(12)3-1)18-14-5-6-16-13(9-14)10-17-16;1-13-10(12)9(11-14-2)8-6-4-3-5-7-8/h1-6,9,15H,7-8,10H2;3-7H,1-2H3. The maximum atomic E-state index is 11.3. The van der Waals surface area contributed by atoms with E-state index < -0.39 is 5.97 Å². The summed E-state index contributed by atoms with van der Waals surface area (Å²) < 4.78 is 15.9. The second-order valence-corrected chi connectivity index (χ2v) is 7.46. The number of fused-ring (bicyclic) bond motifs is 2. The van der Waals surface area contributed by atoms with E-state index in [9.17, 15) is 4.79 Å². The molecule has 0 unspecified atom stereocenters. The van der Waals surface area contributed by atoms with Crippen LogP contribution in [-0.4, -0.2) is 32.0 Å². The highest BCUT2D eigenvalue weighted by molar-refractivity contribution is 6.43. The highest BCUT2D eigenvalue weighted by Crippen LogP contribution is 2.33. The minimum absolute atomic E-state index is 0.163. The normalized spacial score (nSPS) is 14.0. The summed E-state index contributed by atoms with van der Waals surface area (Å²) in [7, 11) is 2.68. The number of rotatable bonds is 5. The predicted octanol–water partition coefficient (Wildman–Crippen LogP) is 4.34. The average molecular weight is 431 g/mol. The third-order valence-corrected chi connectivity index (χ3v) is 5.34. The van der Waals surface area contributed by atoms with Crippen LogP contribution >= 0.6 is 0 Å². The number of oxime groups is 1. The molecule has 0 amide bonds. The zero-order valence-corrected chi connectivity index (χ0v) is 18.1. The van der Waals surface area contributed by atoms with Crippen molar-refractivity contribution in [3.63, 3.8) is 0 Å². The molecule has 6 nitrogen and oxygen atoms in total. The van der Waals surface area contributed by atoms with Crippen LogP contribution in [0.15, 0.2) is 78.0 Å². The van der Waals surface area contributed by atoms with E-state index in [2.05, 4.69) is 45.1 Å². The highest BCUT2D eigenvalue weighted by atomic mass is 16.6. The molecule has 1 aliphatic heterocycles. The molecule has 164 valence electrons. The van der Waals surface area contributed by atoms with Gasteiger partial charge in [-0.05, 0) is 29.3 Å². The van der Waals surface area contributed by atoms with Gasteiger partial charge in [-0.15, -0.1) is 0 Å². The van der Waals surface area contributed by atoms with Crippen LogP contribution in [0, 0.1) is 0 Å². The summed E-state index contributed by atoms with van der Waals surface area (Å²) in [6, 6.07) is 23.7. The van der Waals surface area contributed by atoms with Crippen LogP contribution in [0.2, 0.25) is 0 Å². The third kappa shape index (κ3) is 4.91. The molecule has 3 aromatic carbocycles. The number of carbonyl (C=O) groups excluding carboxylic acids is 1. The van der Waals surface area contributed by atoms with E-state index in [4.69, 9.17) is 9.47 Å². The maximum absolute atomic E-state index is 11.3. The van der Waals surface area contributed by atoms with Gasteiger partial charge in [0.15, 0.2) is 5.71 Å². The Morgan fingerprint density at radius 2 is 1.59 bits per heavy atom. The number of nitrogens with zero attached hydrogens (tertiary/aromatic N) is 1. The van der Waals surface area contributed by atoms with Gasteiger partial charge in [0.25, 0.3) is 0 Å². The molecule has 0 aromatic heterocycles. The van der Waals surface area contributed by atoms with Crippen molar-refractivity contribution in [2.45, 2.75) is 25.6 Å². The summed E-state index contributed by atoms with van der Waals surface area (Å²) in [6.45, 7) is 0.720. The quantitative estimate of drug-likeness (QED) is 0.342. The molecule has 0 spiro atoms. The van der Waals surface area contributed by atoms with Gasteiger partial charge < -0.3 is 19.0 Å². The first-order valence-electron chi connectivity index (χ1n) is 10.4. The van der Waals surface area contributed by atoms with Gasteiger partial charge in [0.05, 0.1) is 7.11 Å². The number of ether oxygens (including phenoxy) is 3. The van der Waals surface area contributed by atoms with E-state index >= 15 is 0 Å². The van der Waals surface area contributed by atoms with E-state index in [-0.39, 0.29) is 11.8 Å². The molecule has 2 aliphatic rings. The van der Waals surface area contributed by atoms with Gasteiger partial charge in [-0.2, -0.15) is 0 Å². The molecule has 0 radical (unpaired) electrons. The Morgan fingerprint density at radius 3 is 2.16 bits per heavy atom. The van der Waals surface area contributed by atoms with E-state index in [1.54, 1.807) is 12.1 Å². The molecular formula is C26H25NO5. The Labute approximate surface area is 187 Å². The van der Waals surface area contributed by atoms with Crippen LogP contribution in [0.3, 0.4) is 0 Å².